The summed E-state index contributed by atoms with van der Waals surface area (Å²) in [4.78, 5) is 8.01. The molecule has 5 rings (SSSR count). The van der Waals surface area contributed by atoms with E-state index in [0.29, 0.717) is 16.3 Å². The van der Waals surface area contributed by atoms with Gasteiger partial charge in [-0.3, -0.25) is 0 Å². The quantitative estimate of drug-likeness (QED) is 0.183. The zero-order valence-electron chi connectivity index (χ0n) is 18.9. The molecule has 0 aliphatic carbocycles. The van der Waals surface area contributed by atoms with Gasteiger partial charge in [-0.25, -0.2) is 9.97 Å². The van der Waals surface area contributed by atoms with Crippen molar-refractivity contribution in [1.29, 1.82) is 0 Å². The molecule has 36 heavy (non-hydrogen) atoms. The Morgan fingerprint density at radius 1 is 0.639 bits per heavy atom. The fourth-order valence-corrected chi connectivity index (χ4v) is 4.60. The van der Waals surface area contributed by atoms with Crippen molar-refractivity contribution in [3.8, 4) is 11.3 Å². The Hall–Kier alpha value is -3.75. The van der Waals surface area contributed by atoms with E-state index in [4.69, 9.17) is 0 Å². The highest BCUT2D eigenvalue weighted by Gasteiger charge is 2.74. The predicted octanol–water partition coefficient (Wildman–Crippen LogP) is 8.51. The molecule has 184 valence electrons. The summed E-state index contributed by atoms with van der Waals surface area (Å²) in [6.45, 7) is 3.62. The maximum absolute atomic E-state index is 15.4. The molecule has 0 saturated heterocycles. The highest BCUT2D eigenvalue weighted by molar-refractivity contribution is 6.09. The van der Waals surface area contributed by atoms with E-state index in [0.717, 1.165) is 17.5 Å². The van der Waals surface area contributed by atoms with Crippen LogP contribution in [0.1, 0.15) is 16.7 Å². The van der Waals surface area contributed by atoms with Gasteiger partial charge in [0.25, 0.3) is 0 Å². The molecule has 0 unspecified atom stereocenters. The highest BCUT2D eigenvalue weighted by atomic mass is 19.4. The number of halogens is 7. The zero-order chi connectivity index (χ0) is 26.0. The van der Waals surface area contributed by atoms with Gasteiger partial charge in [-0.05, 0) is 65.7 Å². The molecule has 0 bridgehead atoms. The molecule has 2 nitrogen and oxygen atoms in total. The molecule has 9 heteroatoms. The standard InChI is InChI=1S/C27H17F7N2/c1-14-7-15(2)9-19(8-14)23-21-12-18-10-16-5-3-4-6-17(16)11-20(18)22(24(21)36-13-35-23)25(28,29)26(30,31)27(32,33)34/h3-13H,1-2H3. The van der Waals surface area contributed by atoms with Crippen molar-refractivity contribution in [3.05, 3.63) is 83.7 Å². The number of aryl methyl sites for hydroxylation is 2. The van der Waals surface area contributed by atoms with E-state index < -0.39 is 34.5 Å². The van der Waals surface area contributed by atoms with Crippen LogP contribution in [0.5, 0.6) is 0 Å². The fraction of sp³-hybridized carbons (Fsp3) is 0.185. The molecule has 0 aliphatic rings. The Morgan fingerprint density at radius 2 is 1.22 bits per heavy atom. The molecule has 0 radical (unpaired) electrons. The lowest BCUT2D eigenvalue weighted by atomic mass is 9.89. The second-order valence-electron chi connectivity index (χ2n) is 8.81. The van der Waals surface area contributed by atoms with Crippen molar-refractivity contribution in [3.63, 3.8) is 0 Å². The maximum Gasteiger partial charge on any atom is 0.460 e. The van der Waals surface area contributed by atoms with E-state index in [2.05, 4.69) is 9.97 Å². The lowest BCUT2D eigenvalue weighted by molar-refractivity contribution is -0.358. The second kappa shape index (κ2) is 7.88. The predicted molar refractivity (Wildman–Crippen MR) is 124 cm³/mol. The minimum absolute atomic E-state index is 0.0575. The highest BCUT2D eigenvalue weighted by Crippen LogP contribution is 2.55. The molecule has 0 atom stereocenters. The van der Waals surface area contributed by atoms with Crippen molar-refractivity contribution >= 4 is 32.4 Å². The molecular formula is C27H17F7N2. The molecule has 4 aromatic carbocycles. The number of hydrogen-bond donors (Lipinski definition) is 0. The number of nitrogens with zero attached hydrogens (tertiary/aromatic N) is 2. The Labute approximate surface area is 200 Å². The van der Waals surface area contributed by atoms with Gasteiger partial charge >= 0.3 is 18.0 Å². The van der Waals surface area contributed by atoms with E-state index in [1.54, 1.807) is 36.4 Å². The molecule has 0 aliphatic heterocycles. The first-order chi connectivity index (χ1) is 16.8. The molecule has 1 aromatic heterocycles. The van der Waals surface area contributed by atoms with Crippen molar-refractivity contribution in [2.75, 3.05) is 0 Å². The molecule has 0 fully saturated rings. The van der Waals surface area contributed by atoms with E-state index in [-0.39, 0.29) is 16.5 Å². The second-order valence-corrected chi connectivity index (χ2v) is 8.81. The molecule has 0 amide bonds. The number of benzene rings is 4. The Kier molecular flexibility index (Phi) is 5.24. The Balaban J connectivity index is 1.98. The number of fused-ring (bicyclic) bond motifs is 3. The van der Waals surface area contributed by atoms with Crippen LogP contribution in [0.15, 0.2) is 67.0 Å². The Morgan fingerprint density at radius 3 is 1.83 bits per heavy atom. The maximum atomic E-state index is 15.4. The summed E-state index contributed by atoms with van der Waals surface area (Å²) < 4.78 is 99.3. The van der Waals surface area contributed by atoms with E-state index in [1.807, 2.05) is 19.9 Å². The van der Waals surface area contributed by atoms with Crippen LogP contribution in [-0.4, -0.2) is 22.1 Å². The summed E-state index contributed by atoms with van der Waals surface area (Å²) in [5.74, 6) is -12.0. The molecule has 1 heterocycles. The summed E-state index contributed by atoms with van der Waals surface area (Å²) >= 11 is 0. The smallest absolute Gasteiger partial charge is 0.236 e. The largest absolute Gasteiger partial charge is 0.460 e. The van der Waals surface area contributed by atoms with Crippen LogP contribution in [0.25, 0.3) is 43.7 Å². The van der Waals surface area contributed by atoms with E-state index >= 15 is 8.78 Å². The number of rotatable bonds is 3. The van der Waals surface area contributed by atoms with Crippen molar-refractivity contribution in [2.45, 2.75) is 31.9 Å². The zero-order valence-corrected chi connectivity index (χ0v) is 18.9. The fourth-order valence-electron chi connectivity index (χ4n) is 4.60. The molecule has 0 N–H and O–H groups in total. The van der Waals surface area contributed by atoms with Crippen molar-refractivity contribution < 1.29 is 30.7 Å². The Bertz CT molecular complexity index is 1640. The SMILES string of the molecule is Cc1cc(C)cc(-c2ncnc3c(C(F)(F)C(F)(F)C(F)(F)F)c4cc5ccccc5cc4cc23)c1. The average molecular weight is 502 g/mol. The van der Waals surface area contributed by atoms with E-state index in [9.17, 15) is 22.0 Å². The topological polar surface area (TPSA) is 25.8 Å². The van der Waals surface area contributed by atoms with Gasteiger partial charge in [0.1, 0.15) is 6.33 Å². The van der Waals surface area contributed by atoms with Gasteiger partial charge in [-0.15, -0.1) is 0 Å². The molecule has 0 spiro atoms. The number of alkyl halides is 7. The third-order valence-corrected chi connectivity index (χ3v) is 6.17. The summed E-state index contributed by atoms with van der Waals surface area (Å²) in [6.07, 6.45) is -5.60. The normalized spacial score (nSPS) is 13.1. The third-order valence-electron chi connectivity index (χ3n) is 6.17. The molecule has 0 saturated carbocycles. The van der Waals surface area contributed by atoms with Crippen LogP contribution in [0.2, 0.25) is 0 Å². The first-order valence-corrected chi connectivity index (χ1v) is 10.8. The van der Waals surface area contributed by atoms with Crippen LogP contribution >= 0.6 is 0 Å². The summed E-state index contributed by atoms with van der Waals surface area (Å²) in [5.41, 5.74) is 0.147. The van der Waals surface area contributed by atoms with Crippen molar-refractivity contribution in [1.82, 2.24) is 9.97 Å². The van der Waals surface area contributed by atoms with Crippen LogP contribution in [0.4, 0.5) is 30.7 Å². The lowest BCUT2D eigenvalue weighted by Crippen LogP contribution is -2.50. The lowest BCUT2D eigenvalue weighted by Gasteiger charge is -2.30. The van der Waals surface area contributed by atoms with Gasteiger partial charge in [0.2, 0.25) is 0 Å². The van der Waals surface area contributed by atoms with Crippen LogP contribution in [0, 0.1) is 13.8 Å². The van der Waals surface area contributed by atoms with Gasteiger partial charge in [0.15, 0.2) is 0 Å². The number of aromatic nitrogens is 2. The van der Waals surface area contributed by atoms with Crippen LogP contribution < -0.4 is 0 Å². The van der Waals surface area contributed by atoms with Gasteiger partial charge < -0.3 is 0 Å². The third kappa shape index (κ3) is 3.56. The van der Waals surface area contributed by atoms with Crippen LogP contribution in [-0.2, 0) is 5.92 Å². The minimum Gasteiger partial charge on any atom is -0.236 e. The van der Waals surface area contributed by atoms with Gasteiger partial charge in [0.05, 0.1) is 16.8 Å². The average Bonchev–Trinajstić information content (AvgIpc) is 2.79. The minimum atomic E-state index is -6.49. The van der Waals surface area contributed by atoms with Crippen molar-refractivity contribution in [2.24, 2.45) is 0 Å². The summed E-state index contributed by atoms with van der Waals surface area (Å²) in [7, 11) is 0. The van der Waals surface area contributed by atoms with E-state index in [1.165, 1.54) is 18.2 Å². The van der Waals surface area contributed by atoms with Gasteiger partial charge in [-0.1, -0.05) is 41.5 Å². The van der Waals surface area contributed by atoms with Crippen LogP contribution in [0.3, 0.4) is 0 Å². The summed E-state index contributed by atoms with van der Waals surface area (Å²) in [6, 6.07) is 16.0. The van der Waals surface area contributed by atoms with Gasteiger partial charge in [-0.2, -0.15) is 30.7 Å². The summed E-state index contributed by atoms with van der Waals surface area (Å²) in [5, 5.41) is 0.568. The van der Waals surface area contributed by atoms with Gasteiger partial charge in [0, 0.05) is 10.9 Å². The first kappa shape index (κ1) is 24.0. The monoisotopic (exact) mass is 502 g/mol. The molecule has 5 aromatic rings. The number of hydrogen-bond acceptors (Lipinski definition) is 2. The molecular weight excluding hydrogens is 485 g/mol. The first-order valence-electron chi connectivity index (χ1n) is 10.8.